The highest BCUT2D eigenvalue weighted by atomic mass is 16.1. The minimum absolute atomic E-state index is 0.0379. The molecule has 1 aliphatic heterocycles. The Morgan fingerprint density at radius 1 is 1.40 bits per heavy atom. The van der Waals surface area contributed by atoms with E-state index in [1.165, 1.54) is 6.92 Å². The van der Waals surface area contributed by atoms with Crippen molar-refractivity contribution in [3.8, 4) is 0 Å². The first-order valence-electron chi connectivity index (χ1n) is 4.96. The van der Waals surface area contributed by atoms with E-state index in [0.717, 1.165) is 16.9 Å². The smallest absolute Gasteiger partial charge is 0.221 e. The van der Waals surface area contributed by atoms with Crippen LogP contribution in [0.15, 0.2) is 23.2 Å². The number of benzene rings is 1. The van der Waals surface area contributed by atoms with Crippen molar-refractivity contribution in [1.82, 2.24) is 0 Å². The van der Waals surface area contributed by atoms with Crippen molar-refractivity contribution in [3.63, 3.8) is 0 Å². The molecule has 3 nitrogen and oxygen atoms in total. The maximum absolute atomic E-state index is 10.9. The molecule has 1 amide bonds. The van der Waals surface area contributed by atoms with Gasteiger partial charge in [0.05, 0.1) is 5.69 Å². The summed E-state index contributed by atoms with van der Waals surface area (Å²) in [5.74, 6) is -0.0494. The number of hydrogen-bond acceptors (Lipinski definition) is 2. The molecule has 78 valence electrons. The molecule has 1 aromatic carbocycles. The predicted molar refractivity (Wildman–Crippen MR) is 61.9 cm³/mol. The molecule has 1 heterocycles. The Balaban J connectivity index is 2.40. The van der Waals surface area contributed by atoms with Gasteiger partial charge in [-0.3, -0.25) is 9.79 Å². The molecule has 3 heteroatoms. The van der Waals surface area contributed by atoms with E-state index in [2.05, 4.69) is 24.2 Å². The molecule has 2 rings (SSSR count). The van der Waals surface area contributed by atoms with Gasteiger partial charge in [0.25, 0.3) is 0 Å². The van der Waals surface area contributed by atoms with Gasteiger partial charge >= 0.3 is 0 Å². The molecular formula is C12H14N2O. The van der Waals surface area contributed by atoms with Crippen molar-refractivity contribution in [2.75, 3.05) is 5.32 Å². The zero-order valence-electron chi connectivity index (χ0n) is 9.16. The van der Waals surface area contributed by atoms with Crippen LogP contribution < -0.4 is 5.32 Å². The third-order valence-corrected chi connectivity index (χ3v) is 2.54. The summed E-state index contributed by atoms with van der Waals surface area (Å²) in [6.07, 6.45) is 1.94. The summed E-state index contributed by atoms with van der Waals surface area (Å²) in [6, 6.07) is 5.80. The van der Waals surface area contributed by atoms with Crippen LogP contribution in [0.1, 0.15) is 26.3 Å². The van der Waals surface area contributed by atoms with Crippen LogP contribution in [0, 0.1) is 0 Å². The zero-order chi connectivity index (χ0) is 11.1. The van der Waals surface area contributed by atoms with Gasteiger partial charge < -0.3 is 5.32 Å². The Labute approximate surface area is 89.2 Å². The topological polar surface area (TPSA) is 41.5 Å². The molecular weight excluding hydrogens is 188 g/mol. The first-order valence-corrected chi connectivity index (χ1v) is 4.96. The Kier molecular flexibility index (Phi) is 2.11. The molecule has 0 atom stereocenters. The van der Waals surface area contributed by atoms with Crippen LogP contribution in [-0.2, 0) is 10.2 Å². The Morgan fingerprint density at radius 3 is 2.80 bits per heavy atom. The van der Waals surface area contributed by atoms with E-state index >= 15 is 0 Å². The lowest BCUT2D eigenvalue weighted by Gasteiger charge is -2.16. The lowest BCUT2D eigenvalue weighted by molar-refractivity contribution is -0.114. The Morgan fingerprint density at radius 2 is 2.13 bits per heavy atom. The van der Waals surface area contributed by atoms with Gasteiger partial charge in [0, 0.05) is 24.2 Å². The SMILES string of the molecule is CC(=O)Nc1ccc2c(c1)C(C)(C)C=N2. The third kappa shape index (κ3) is 1.77. The summed E-state index contributed by atoms with van der Waals surface area (Å²) in [5.41, 5.74) is 2.95. The summed E-state index contributed by atoms with van der Waals surface area (Å²) < 4.78 is 0. The van der Waals surface area contributed by atoms with Crippen molar-refractivity contribution in [3.05, 3.63) is 23.8 Å². The van der Waals surface area contributed by atoms with Gasteiger partial charge in [-0.25, -0.2) is 0 Å². The largest absolute Gasteiger partial charge is 0.326 e. The van der Waals surface area contributed by atoms with Crippen molar-refractivity contribution >= 4 is 23.5 Å². The van der Waals surface area contributed by atoms with E-state index < -0.39 is 0 Å². The number of carbonyl (C=O) groups excluding carboxylic acids is 1. The minimum Gasteiger partial charge on any atom is -0.326 e. The Bertz CT molecular complexity index is 447. The molecule has 0 aliphatic carbocycles. The van der Waals surface area contributed by atoms with E-state index in [1.807, 2.05) is 24.4 Å². The Hall–Kier alpha value is -1.64. The summed E-state index contributed by atoms with van der Waals surface area (Å²) in [5, 5.41) is 2.78. The lowest BCUT2D eigenvalue weighted by Crippen LogP contribution is -2.15. The lowest BCUT2D eigenvalue weighted by atomic mass is 9.87. The van der Waals surface area contributed by atoms with Crippen LogP contribution in [0.2, 0.25) is 0 Å². The molecule has 0 saturated heterocycles. The number of fused-ring (bicyclic) bond motifs is 1. The van der Waals surface area contributed by atoms with Crippen molar-refractivity contribution in [2.45, 2.75) is 26.2 Å². The molecule has 1 aromatic rings. The average Bonchev–Trinajstić information content (AvgIpc) is 2.42. The average molecular weight is 202 g/mol. The molecule has 0 bridgehead atoms. The highest BCUT2D eigenvalue weighted by Crippen LogP contribution is 2.37. The second-order valence-corrected chi connectivity index (χ2v) is 4.39. The van der Waals surface area contributed by atoms with E-state index in [9.17, 15) is 4.79 Å². The molecule has 0 saturated carbocycles. The summed E-state index contributed by atoms with van der Waals surface area (Å²) >= 11 is 0. The molecule has 0 fully saturated rings. The van der Waals surface area contributed by atoms with Crippen LogP contribution in [0.25, 0.3) is 0 Å². The van der Waals surface area contributed by atoms with Crippen LogP contribution in [0.3, 0.4) is 0 Å². The molecule has 0 spiro atoms. The second kappa shape index (κ2) is 3.19. The van der Waals surface area contributed by atoms with Crippen LogP contribution in [-0.4, -0.2) is 12.1 Å². The van der Waals surface area contributed by atoms with Gasteiger partial charge in [-0.1, -0.05) is 13.8 Å². The summed E-state index contributed by atoms with van der Waals surface area (Å²) in [6.45, 7) is 5.73. The van der Waals surface area contributed by atoms with E-state index in [-0.39, 0.29) is 11.3 Å². The summed E-state index contributed by atoms with van der Waals surface area (Å²) in [7, 11) is 0. The molecule has 0 radical (unpaired) electrons. The van der Waals surface area contributed by atoms with E-state index in [0.29, 0.717) is 0 Å². The second-order valence-electron chi connectivity index (χ2n) is 4.39. The van der Waals surface area contributed by atoms with Crippen LogP contribution in [0.5, 0.6) is 0 Å². The number of carbonyl (C=O) groups is 1. The van der Waals surface area contributed by atoms with E-state index in [1.54, 1.807) is 0 Å². The number of amides is 1. The van der Waals surface area contributed by atoms with Gasteiger partial charge in [0.2, 0.25) is 5.91 Å². The fraction of sp³-hybridized carbons (Fsp3) is 0.333. The first-order chi connectivity index (χ1) is 6.99. The number of nitrogens with one attached hydrogen (secondary N) is 1. The molecule has 1 aliphatic rings. The van der Waals surface area contributed by atoms with Gasteiger partial charge in [-0.15, -0.1) is 0 Å². The van der Waals surface area contributed by atoms with Gasteiger partial charge in [0.1, 0.15) is 0 Å². The minimum atomic E-state index is -0.0494. The maximum atomic E-state index is 10.9. The number of anilines is 1. The number of rotatable bonds is 1. The number of aliphatic imine (C=N–C) groups is 1. The van der Waals surface area contributed by atoms with Crippen LogP contribution >= 0.6 is 0 Å². The van der Waals surface area contributed by atoms with Crippen molar-refractivity contribution in [1.29, 1.82) is 0 Å². The number of nitrogens with zero attached hydrogens (tertiary/aromatic N) is 1. The van der Waals surface area contributed by atoms with Crippen LogP contribution in [0.4, 0.5) is 11.4 Å². The zero-order valence-corrected chi connectivity index (χ0v) is 9.16. The maximum Gasteiger partial charge on any atom is 0.221 e. The fourth-order valence-corrected chi connectivity index (χ4v) is 1.75. The van der Waals surface area contributed by atoms with Crippen molar-refractivity contribution in [2.24, 2.45) is 4.99 Å². The molecule has 0 aromatic heterocycles. The first kappa shape index (κ1) is 9.90. The standard InChI is InChI=1S/C12H14N2O/c1-8(15)14-9-4-5-11-10(6-9)12(2,3)7-13-11/h4-7H,1-3H3,(H,14,15). The predicted octanol–water partition coefficient (Wildman–Crippen LogP) is 2.64. The van der Waals surface area contributed by atoms with Gasteiger partial charge in [-0.05, 0) is 23.8 Å². The summed E-state index contributed by atoms with van der Waals surface area (Å²) in [4.78, 5) is 15.3. The normalized spacial score (nSPS) is 16.2. The third-order valence-electron chi connectivity index (χ3n) is 2.54. The molecule has 1 N–H and O–H groups in total. The monoisotopic (exact) mass is 202 g/mol. The molecule has 15 heavy (non-hydrogen) atoms. The number of hydrogen-bond donors (Lipinski definition) is 1. The van der Waals surface area contributed by atoms with Gasteiger partial charge in [0.15, 0.2) is 0 Å². The van der Waals surface area contributed by atoms with E-state index in [4.69, 9.17) is 0 Å². The van der Waals surface area contributed by atoms with Gasteiger partial charge in [-0.2, -0.15) is 0 Å². The fourth-order valence-electron chi connectivity index (χ4n) is 1.75. The highest BCUT2D eigenvalue weighted by Gasteiger charge is 2.26. The highest BCUT2D eigenvalue weighted by molar-refractivity contribution is 5.91. The van der Waals surface area contributed by atoms with Crippen molar-refractivity contribution < 1.29 is 4.79 Å². The quantitative estimate of drug-likeness (QED) is 0.747. The molecule has 0 unspecified atom stereocenters.